The fourth-order valence-electron chi connectivity index (χ4n) is 3.86. The number of anilines is 2. The molecule has 30 heavy (non-hydrogen) atoms. The molecule has 1 aromatic carbocycles. The fraction of sp³-hybridized carbons (Fsp3) is 0.364. The molecule has 1 amide bonds. The molecule has 1 fully saturated rings. The van der Waals surface area contributed by atoms with Gasteiger partial charge in [0, 0.05) is 28.9 Å². The van der Waals surface area contributed by atoms with Crippen molar-refractivity contribution in [3.05, 3.63) is 57.8 Å². The van der Waals surface area contributed by atoms with E-state index in [0.717, 1.165) is 52.3 Å². The van der Waals surface area contributed by atoms with Gasteiger partial charge in [-0.05, 0) is 75.6 Å². The topological polar surface area (TPSA) is 75.9 Å². The highest BCUT2D eigenvalue weighted by Gasteiger charge is 2.27. The van der Waals surface area contributed by atoms with Crippen molar-refractivity contribution in [2.75, 3.05) is 23.3 Å². The minimum atomic E-state index is -0.0840. The molecule has 1 aliphatic heterocycles. The summed E-state index contributed by atoms with van der Waals surface area (Å²) in [6.45, 7) is 7.45. The monoisotopic (exact) mass is 468 g/mol. The highest BCUT2D eigenvalue weighted by molar-refractivity contribution is 9.10. The third kappa shape index (κ3) is 4.38. The smallest absolute Gasteiger partial charge is 0.229 e. The van der Waals surface area contributed by atoms with Crippen LogP contribution in [0.2, 0.25) is 0 Å². The highest BCUT2D eigenvalue weighted by atomic mass is 79.9. The zero-order valence-electron chi connectivity index (χ0n) is 17.4. The second-order valence-corrected chi connectivity index (χ2v) is 8.74. The van der Waals surface area contributed by atoms with E-state index in [9.17, 15) is 4.79 Å². The summed E-state index contributed by atoms with van der Waals surface area (Å²) >= 11 is 3.46. The average molecular weight is 469 g/mol. The van der Waals surface area contributed by atoms with E-state index in [1.807, 2.05) is 57.2 Å². The number of nitrogens with one attached hydrogen (secondary N) is 1. The van der Waals surface area contributed by atoms with Gasteiger partial charge in [0.15, 0.2) is 11.6 Å². The first-order valence-electron chi connectivity index (χ1n) is 10.1. The van der Waals surface area contributed by atoms with E-state index in [-0.39, 0.29) is 11.8 Å². The van der Waals surface area contributed by atoms with Crippen molar-refractivity contribution < 1.29 is 4.79 Å². The molecule has 0 spiro atoms. The molecule has 3 heterocycles. The predicted molar refractivity (Wildman–Crippen MR) is 121 cm³/mol. The first-order valence-corrected chi connectivity index (χ1v) is 10.9. The molecular weight excluding hydrogens is 444 g/mol. The maximum atomic E-state index is 12.9. The van der Waals surface area contributed by atoms with Gasteiger partial charge in [-0.1, -0.05) is 15.9 Å². The van der Waals surface area contributed by atoms with Crippen molar-refractivity contribution in [1.82, 2.24) is 20.0 Å². The number of nitrogens with zero attached hydrogens (tertiary/aromatic N) is 5. The fourth-order valence-corrected chi connectivity index (χ4v) is 4.34. The molecule has 1 N–H and O–H groups in total. The molecule has 8 heteroatoms. The Morgan fingerprint density at radius 2 is 1.87 bits per heavy atom. The van der Waals surface area contributed by atoms with Gasteiger partial charge in [0.2, 0.25) is 5.91 Å². The summed E-state index contributed by atoms with van der Waals surface area (Å²) in [6, 6.07) is 11.8. The van der Waals surface area contributed by atoms with Crippen LogP contribution < -0.4 is 10.2 Å². The van der Waals surface area contributed by atoms with Crippen LogP contribution in [-0.2, 0) is 4.79 Å². The Labute approximate surface area is 184 Å². The van der Waals surface area contributed by atoms with Crippen LogP contribution in [0.4, 0.5) is 11.5 Å². The first kappa shape index (κ1) is 20.5. The lowest BCUT2D eigenvalue weighted by Gasteiger charge is -2.32. The molecule has 0 aliphatic carbocycles. The molecule has 2 aromatic heterocycles. The number of hydrogen-bond acceptors (Lipinski definition) is 5. The first-order chi connectivity index (χ1) is 14.4. The summed E-state index contributed by atoms with van der Waals surface area (Å²) in [4.78, 5) is 15.0. The van der Waals surface area contributed by atoms with Crippen LogP contribution in [0.15, 0.2) is 40.9 Å². The zero-order chi connectivity index (χ0) is 21.3. The Hall–Kier alpha value is -2.74. The van der Waals surface area contributed by atoms with E-state index in [0.29, 0.717) is 12.4 Å². The van der Waals surface area contributed by atoms with Crippen molar-refractivity contribution in [2.45, 2.75) is 33.6 Å². The van der Waals surface area contributed by atoms with E-state index in [2.05, 4.69) is 41.4 Å². The van der Waals surface area contributed by atoms with E-state index in [4.69, 9.17) is 0 Å². The number of hydrogen-bond donors (Lipinski definition) is 1. The highest BCUT2D eigenvalue weighted by Crippen LogP contribution is 2.25. The van der Waals surface area contributed by atoms with E-state index < -0.39 is 0 Å². The lowest BCUT2D eigenvalue weighted by atomic mass is 9.97. The van der Waals surface area contributed by atoms with Crippen LogP contribution in [0.5, 0.6) is 0 Å². The SMILES string of the molecule is Cc1cc(C)n(-c2ccc(N3CCCC(C(=O)Nc4ccc(Br)cc4C)C3)nn2)n1. The van der Waals surface area contributed by atoms with Gasteiger partial charge in [0.05, 0.1) is 11.6 Å². The summed E-state index contributed by atoms with van der Waals surface area (Å²) < 4.78 is 2.79. The van der Waals surface area contributed by atoms with Gasteiger partial charge >= 0.3 is 0 Å². The number of piperidine rings is 1. The summed E-state index contributed by atoms with van der Waals surface area (Å²) in [5.41, 5.74) is 3.86. The van der Waals surface area contributed by atoms with Gasteiger partial charge in [0.1, 0.15) is 0 Å². The van der Waals surface area contributed by atoms with Gasteiger partial charge in [0.25, 0.3) is 0 Å². The summed E-state index contributed by atoms with van der Waals surface area (Å²) in [5, 5.41) is 16.3. The molecule has 0 saturated carbocycles. The van der Waals surface area contributed by atoms with Crippen molar-refractivity contribution >= 4 is 33.3 Å². The molecule has 1 atom stereocenters. The van der Waals surface area contributed by atoms with Gasteiger partial charge in [-0.3, -0.25) is 4.79 Å². The molecule has 4 rings (SSSR count). The van der Waals surface area contributed by atoms with Gasteiger partial charge in [-0.15, -0.1) is 10.2 Å². The van der Waals surface area contributed by atoms with Crippen LogP contribution in [0.3, 0.4) is 0 Å². The summed E-state index contributed by atoms with van der Waals surface area (Å²) in [7, 11) is 0. The van der Waals surface area contributed by atoms with Gasteiger partial charge in [-0.2, -0.15) is 5.10 Å². The third-order valence-corrected chi connectivity index (χ3v) is 5.92. The zero-order valence-corrected chi connectivity index (χ0v) is 19.0. The third-order valence-electron chi connectivity index (χ3n) is 5.43. The number of aromatic nitrogens is 4. The number of carbonyl (C=O) groups excluding carboxylic acids is 1. The largest absolute Gasteiger partial charge is 0.354 e. The number of carbonyl (C=O) groups is 1. The maximum absolute atomic E-state index is 12.9. The number of halogens is 1. The molecule has 0 bridgehead atoms. The average Bonchev–Trinajstić information content (AvgIpc) is 3.08. The van der Waals surface area contributed by atoms with E-state index in [1.54, 1.807) is 4.68 Å². The van der Waals surface area contributed by atoms with Gasteiger partial charge in [-0.25, -0.2) is 4.68 Å². The number of aryl methyl sites for hydroxylation is 3. The van der Waals surface area contributed by atoms with E-state index >= 15 is 0 Å². The van der Waals surface area contributed by atoms with Gasteiger partial charge < -0.3 is 10.2 Å². The number of benzene rings is 1. The Morgan fingerprint density at radius 3 is 2.53 bits per heavy atom. The Kier molecular flexibility index (Phi) is 5.85. The number of amides is 1. The normalized spacial score (nSPS) is 16.5. The molecule has 0 radical (unpaired) electrons. The Morgan fingerprint density at radius 1 is 1.10 bits per heavy atom. The molecule has 156 valence electrons. The molecule has 3 aromatic rings. The van der Waals surface area contributed by atoms with E-state index in [1.165, 1.54) is 0 Å². The van der Waals surface area contributed by atoms with Crippen molar-refractivity contribution in [1.29, 1.82) is 0 Å². The molecule has 1 aliphatic rings. The molecule has 7 nitrogen and oxygen atoms in total. The van der Waals surface area contributed by atoms with Crippen LogP contribution >= 0.6 is 15.9 Å². The van der Waals surface area contributed by atoms with Crippen molar-refractivity contribution in [2.24, 2.45) is 5.92 Å². The second-order valence-electron chi connectivity index (χ2n) is 7.82. The quantitative estimate of drug-likeness (QED) is 0.620. The van der Waals surface area contributed by atoms with Crippen LogP contribution in [-0.4, -0.2) is 39.0 Å². The minimum Gasteiger partial charge on any atom is -0.354 e. The minimum absolute atomic E-state index is 0.0531. The maximum Gasteiger partial charge on any atom is 0.229 e. The lowest BCUT2D eigenvalue weighted by molar-refractivity contribution is -0.120. The van der Waals surface area contributed by atoms with Crippen LogP contribution in [0.1, 0.15) is 29.8 Å². The van der Waals surface area contributed by atoms with Crippen LogP contribution in [0, 0.1) is 26.7 Å². The molecule has 1 unspecified atom stereocenters. The van der Waals surface area contributed by atoms with Crippen molar-refractivity contribution in [3.63, 3.8) is 0 Å². The predicted octanol–water partition coefficient (Wildman–Crippen LogP) is 4.21. The summed E-state index contributed by atoms with van der Waals surface area (Å²) in [6.07, 6.45) is 1.81. The Bertz CT molecular complexity index is 1060. The summed E-state index contributed by atoms with van der Waals surface area (Å²) in [5.74, 6) is 1.45. The number of rotatable bonds is 4. The van der Waals surface area contributed by atoms with Crippen molar-refractivity contribution in [3.8, 4) is 5.82 Å². The molecule has 1 saturated heterocycles. The molecular formula is C22H25BrN6O. The lowest BCUT2D eigenvalue weighted by Crippen LogP contribution is -2.41. The second kappa shape index (κ2) is 8.55. The Balaban J connectivity index is 1.44. The van der Waals surface area contributed by atoms with Crippen LogP contribution in [0.25, 0.3) is 5.82 Å². The standard InChI is InChI=1S/C22H25BrN6O/c1-14-11-18(23)6-7-19(14)24-22(30)17-5-4-10-28(13-17)20-8-9-21(26-25-20)29-16(3)12-15(2)27-29/h6-9,11-12,17H,4-5,10,13H2,1-3H3,(H,24,30).